The van der Waals surface area contributed by atoms with Crippen molar-refractivity contribution in [2.24, 2.45) is 5.10 Å². The summed E-state index contributed by atoms with van der Waals surface area (Å²) >= 11 is 1.35. The number of thiazole rings is 1. The fourth-order valence-corrected chi connectivity index (χ4v) is 2.76. The Hall–Kier alpha value is -3.13. The first-order valence-electron chi connectivity index (χ1n) is 7.70. The van der Waals surface area contributed by atoms with Gasteiger partial charge in [0.1, 0.15) is 18.2 Å². The second-order valence-corrected chi connectivity index (χ2v) is 6.06. The molecule has 6 nitrogen and oxygen atoms in total. The highest BCUT2D eigenvalue weighted by Crippen LogP contribution is 2.31. The van der Waals surface area contributed by atoms with Crippen molar-refractivity contribution in [1.82, 2.24) is 4.98 Å². The van der Waals surface area contributed by atoms with E-state index in [2.05, 4.69) is 15.5 Å². The van der Waals surface area contributed by atoms with Gasteiger partial charge in [-0.2, -0.15) is 5.10 Å². The molecule has 3 rings (SSSR count). The summed E-state index contributed by atoms with van der Waals surface area (Å²) in [7, 11) is 1.54. The van der Waals surface area contributed by atoms with Gasteiger partial charge in [-0.3, -0.25) is 5.43 Å². The molecule has 3 N–H and O–H groups in total. The largest absolute Gasteiger partial charge is 0.493 e. The molecule has 1 heterocycles. The Bertz CT molecular complexity index is 914. The number of rotatable bonds is 7. The predicted octanol–water partition coefficient (Wildman–Crippen LogP) is 3.90. The zero-order valence-corrected chi connectivity index (χ0v) is 14.8. The number of nitrogen functional groups attached to an aromatic ring is 1. The van der Waals surface area contributed by atoms with Gasteiger partial charge in [0.05, 0.1) is 13.3 Å². The lowest BCUT2D eigenvalue weighted by Crippen LogP contribution is -2.03. The van der Waals surface area contributed by atoms with Crippen LogP contribution in [0, 0.1) is 5.82 Å². The number of aromatic nitrogens is 1. The van der Waals surface area contributed by atoms with Crippen molar-refractivity contribution in [3.8, 4) is 11.5 Å². The van der Waals surface area contributed by atoms with Gasteiger partial charge in [-0.05, 0) is 18.2 Å². The number of ether oxygens (including phenoxy) is 2. The number of hydrogen-bond acceptors (Lipinski definition) is 7. The van der Waals surface area contributed by atoms with E-state index < -0.39 is 0 Å². The molecule has 0 aliphatic rings. The van der Waals surface area contributed by atoms with Crippen molar-refractivity contribution >= 4 is 28.5 Å². The summed E-state index contributed by atoms with van der Waals surface area (Å²) in [6.45, 7) is 0.0737. The molecule has 0 aliphatic carbocycles. The fourth-order valence-electron chi connectivity index (χ4n) is 2.21. The number of hydrogen-bond donors (Lipinski definition) is 2. The van der Waals surface area contributed by atoms with E-state index in [9.17, 15) is 4.39 Å². The highest BCUT2D eigenvalue weighted by atomic mass is 32.1. The summed E-state index contributed by atoms with van der Waals surface area (Å²) in [5.41, 5.74) is 9.51. The molecule has 0 atom stereocenters. The Labute approximate surface area is 154 Å². The van der Waals surface area contributed by atoms with Gasteiger partial charge in [0.25, 0.3) is 0 Å². The van der Waals surface area contributed by atoms with E-state index in [0.717, 1.165) is 0 Å². The van der Waals surface area contributed by atoms with E-state index in [1.807, 2.05) is 12.1 Å². The first-order valence-corrected chi connectivity index (χ1v) is 8.58. The van der Waals surface area contributed by atoms with Crippen molar-refractivity contribution in [1.29, 1.82) is 0 Å². The van der Waals surface area contributed by atoms with Crippen LogP contribution in [-0.4, -0.2) is 18.3 Å². The van der Waals surface area contributed by atoms with Crippen LogP contribution in [0.15, 0.2) is 52.9 Å². The number of nitrogens with one attached hydrogen (secondary N) is 1. The molecule has 0 saturated heterocycles. The lowest BCUT2D eigenvalue weighted by molar-refractivity contribution is 0.279. The second kappa shape index (κ2) is 8.30. The number of methoxy groups -OCH3 is 1. The first-order chi connectivity index (χ1) is 12.7. The summed E-state index contributed by atoms with van der Waals surface area (Å²) in [4.78, 5) is 4.06. The monoisotopic (exact) mass is 372 g/mol. The minimum Gasteiger partial charge on any atom is -0.493 e. The van der Waals surface area contributed by atoms with Crippen LogP contribution < -0.4 is 20.6 Å². The van der Waals surface area contributed by atoms with Crippen LogP contribution in [-0.2, 0) is 6.61 Å². The van der Waals surface area contributed by atoms with Crippen LogP contribution in [0.25, 0.3) is 0 Å². The van der Waals surface area contributed by atoms with Crippen LogP contribution >= 0.6 is 11.3 Å². The average molecular weight is 372 g/mol. The fraction of sp³-hybridized carbons (Fsp3) is 0.111. The molecule has 0 fully saturated rings. The number of nitrogens with two attached hydrogens (primary N) is 1. The summed E-state index contributed by atoms with van der Waals surface area (Å²) in [6.07, 6.45) is 1.58. The van der Waals surface area contributed by atoms with Crippen LogP contribution in [0.2, 0.25) is 0 Å². The average Bonchev–Trinajstić information content (AvgIpc) is 3.06. The SMILES string of the molecule is COc1cccc(C=NNc2nc(N)cs2)c1OCc1ccccc1F. The maximum atomic E-state index is 13.8. The summed E-state index contributed by atoms with van der Waals surface area (Å²) in [5.74, 6) is 1.12. The van der Waals surface area contributed by atoms with Crippen molar-refractivity contribution in [3.63, 3.8) is 0 Å². The molecule has 3 aromatic rings. The zero-order chi connectivity index (χ0) is 18.4. The van der Waals surface area contributed by atoms with Gasteiger partial charge in [-0.1, -0.05) is 24.3 Å². The highest BCUT2D eigenvalue weighted by molar-refractivity contribution is 7.14. The third kappa shape index (κ3) is 4.28. The van der Waals surface area contributed by atoms with Crippen LogP contribution in [0.1, 0.15) is 11.1 Å². The molecule has 1 aromatic heterocycles. The van der Waals surface area contributed by atoms with Gasteiger partial charge < -0.3 is 15.2 Å². The Morgan fingerprint density at radius 3 is 2.85 bits per heavy atom. The van der Waals surface area contributed by atoms with E-state index in [-0.39, 0.29) is 12.4 Å². The molecule has 0 amide bonds. The quantitative estimate of drug-likeness (QED) is 0.486. The molecule has 0 spiro atoms. The minimum absolute atomic E-state index is 0.0737. The van der Waals surface area contributed by atoms with E-state index >= 15 is 0 Å². The standard InChI is InChI=1S/C18H17FN4O2S/c1-24-15-8-4-6-12(9-21-23-18-22-16(20)11-26-18)17(15)25-10-13-5-2-3-7-14(13)19/h2-9,11H,10,20H2,1H3,(H,22,23). The lowest BCUT2D eigenvalue weighted by Gasteiger charge is -2.13. The maximum Gasteiger partial charge on any atom is 0.205 e. The molecular formula is C18H17FN4O2S. The smallest absolute Gasteiger partial charge is 0.205 e. The van der Waals surface area contributed by atoms with E-state index in [1.54, 1.807) is 43.0 Å². The number of anilines is 2. The Kier molecular flexibility index (Phi) is 5.65. The highest BCUT2D eigenvalue weighted by Gasteiger charge is 2.11. The first kappa shape index (κ1) is 17.7. The molecular weight excluding hydrogens is 355 g/mol. The van der Waals surface area contributed by atoms with Crippen molar-refractivity contribution in [2.45, 2.75) is 6.61 Å². The Balaban J connectivity index is 1.78. The molecule has 8 heteroatoms. The van der Waals surface area contributed by atoms with Gasteiger partial charge in [-0.25, -0.2) is 9.37 Å². The molecule has 0 bridgehead atoms. The number of nitrogens with zero attached hydrogens (tertiary/aromatic N) is 2. The third-order valence-corrected chi connectivity index (χ3v) is 4.21. The van der Waals surface area contributed by atoms with Gasteiger partial charge >= 0.3 is 0 Å². The van der Waals surface area contributed by atoms with E-state index in [1.165, 1.54) is 17.4 Å². The van der Waals surface area contributed by atoms with Crippen LogP contribution in [0.4, 0.5) is 15.3 Å². The second-order valence-electron chi connectivity index (χ2n) is 5.21. The van der Waals surface area contributed by atoms with Crippen molar-refractivity contribution < 1.29 is 13.9 Å². The Morgan fingerprint density at radius 1 is 1.27 bits per heavy atom. The minimum atomic E-state index is -0.319. The van der Waals surface area contributed by atoms with Crippen molar-refractivity contribution in [3.05, 3.63) is 64.8 Å². The van der Waals surface area contributed by atoms with Gasteiger partial charge in [0.15, 0.2) is 11.5 Å². The van der Waals surface area contributed by atoms with E-state index in [4.69, 9.17) is 15.2 Å². The summed E-state index contributed by atoms with van der Waals surface area (Å²) < 4.78 is 25.0. The molecule has 0 radical (unpaired) electrons. The van der Waals surface area contributed by atoms with Gasteiger partial charge in [0.2, 0.25) is 5.13 Å². The predicted molar refractivity (Wildman–Crippen MR) is 101 cm³/mol. The molecule has 26 heavy (non-hydrogen) atoms. The van der Waals surface area contributed by atoms with E-state index in [0.29, 0.717) is 33.6 Å². The molecule has 0 unspecified atom stereocenters. The number of benzene rings is 2. The number of hydrazone groups is 1. The molecule has 2 aromatic carbocycles. The molecule has 0 saturated carbocycles. The topological polar surface area (TPSA) is 81.8 Å². The van der Waals surface area contributed by atoms with Crippen LogP contribution in [0.5, 0.6) is 11.5 Å². The third-order valence-electron chi connectivity index (χ3n) is 3.44. The van der Waals surface area contributed by atoms with Crippen molar-refractivity contribution in [2.75, 3.05) is 18.3 Å². The van der Waals surface area contributed by atoms with Crippen LogP contribution in [0.3, 0.4) is 0 Å². The molecule has 0 aliphatic heterocycles. The zero-order valence-electron chi connectivity index (χ0n) is 14.0. The number of halogens is 1. The summed E-state index contributed by atoms with van der Waals surface area (Å²) in [5, 5.41) is 6.44. The Morgan fingerprint density at radius 2 is 2.12 bits per heavy atom. The maximum absolute atomic E-state index is 13.8. The lowest BCUT2D eigenvalue weighted by atomic mass is 10.2. The normalized spacial score (nSPS) is 10.8. The van der Waals surface area contributed by atoms with Gasteiger partial charge in [0, 0.05) is 16.5 Å². The molecule has 134 valence electrons. The number of para-hydroxylation sites is 1. The van der Waals surface area contributed by atoms with Gasteiger partial charge in [-0.15, -0.1) is 11.3 Å². The summed E-state index contributed by atoms with van der Waals surface area (Å²) in [6, 6.07) is 11.9.